The summed E-state index contributed by atoms with van der Waals surface area (Å²) in [4.78, 5) is 26.3. The van der Waals surface area contributed by atoms with Crippen molar-refractivity contribution in [2.24, 2.45) is 5.18 Å². The van der Waals surface area contributed by atoms with Gasteiger partial charge in [-0.25, -0.2) is 4.98 Å². The number of nitroso groups, excluding NO2 is 1. The molecule has 0 saturated heterocycles. The summed E-state index contributed by atoms with van der Waals surface area (Å²) in [5, 5.41) is 15.6. The lowest BCUT2D eigenvalue weighted by molar-refractivity contribution is -0.384. The normalized spacial score (nSPS) is 10.8. The van der Waals surface area contributed by atoms with Gasteiger partial charge in [-0.3, -0.25) is 14.5 Å². The highest BCUT2D eigenvalue weighted by Gasteiger charge is 2.18. The van der Waals surface area contributed by atoms with Crippen LogP contribution in [0.25, 0.3) is 16.2 Å². The number of rotatable bonds is 3. The second-order valence-corrected chi connectivity index (χ2v) is 5.01. The van der Waals surface area contributed by atoms with Crippen molar-refractivity contribution in [2.75, 3.05) is 0 Å². The molecule has 3 aromatic rings. The van der Waals surface area contributed by atoms with Crippen molar-refractivity contribution >= 4 is 27.8 Å². The van der Waals surface area contributed by atoms with Gasteiger partial charge in [-0.2, -0.15) is 0 Å². The second-order valence-electron chi connectivity index (χ2n) is 4.17. The summed E-state index contributed by atoms with van der Waals surface area (Å²) < 4.78 is 1.68. The lowest BCUT2D eigenvalue weighted by Crippen LogP contribution is -1.87. The highest BCUT2D eigenvalue weighted by molar-refractivity contribution is 7.15. The molecular formula is C12H8N4O3S. The maximum Gasteiger partial charge on any atom is 0.269 e. The van der Waals surface area contributed by atoms with E-state index in [9.17, 15) is 15.0 Å². The highest BCUT2D eigenvalue weighted by Crippen LogP contribution is 2.34. The minimum Gasteiger partial charge on any atom is -0.269 e. The summed E-state index contributed by atoms with van der Waals surface area (Å²) >= 11 is 1.41. The minimum atomic E-state index is -0.474. The van der Waals surface area contributed by atoms with Crippen molar-refractivity contribution in [2.45, 2.75) is 6.92 Å². The zero-order valence-electron chi connectivity index (χ0n) is 10.3. The maximum atomic E-state index is 11.1. The molecule has 1 aromatic carbocycles. The molecule has 0 aliphatic carbocycles. The number of nitro groups is 1. The van der Waals surface area contributed by atoms with E-state index in [2.05, 4.69) is 10.2 Å². The number of benzene rings is 1. The molecule has 8 heteroatoms. The van der Waals surface area contributed by atoms with Crippen molar-refractivity contribution in [1.29, 1.82) is 0 Å². The van der Waals surface area contributed by atoms with Gasteiger partial charge in [0, 0.05) is 28.8 Å². The number of imidazole rings is 1. The number of nitro benzene ring substituents is 1. The first-order chi connectivity index (χ1) is 9.61. The van der Waals surface area contributed by atoms with Gasteiger partial charge in [0.2, 0.25) is 5.82 Å². The van der Waals surface area contributed by atoms with E-state index >= 15 is 0 Å². The molecule has 20 heavy (non-hydrogen) atoms. The van der Waals surface area contributed by atoms with E-state index in [1.54, 1.807) is 16.5 Å². The van der Waals surface area contributed by atoms with Gasteiger partial charge in [0.1, 0.15) is 5.69 Å². The smallest absolute Gasteiger partial charge is 0.269 e. The molecule has 100 valence electrons. The standard InChI is InChI=1S/C12H8N4O3S/c1-7-6-20-12-13-10(11(14-17)15(7)12)8-2-4-9(5-3-8)16(18)19/h2-6H,1H3. The predicted octanol–water partition coefficient (Wildman–Crippen LogP) is 3.68. The molecule has 0 saturated carbocycles. The Morgan fingerprint density at radius 1 is 1.35 bits per heavy atom. The number of aromatic nitrogens is 2. The zero-order chi connectivity index (χ0) is 14.3. The van der Waals surface area contributed by atoms with Gasteiger partial charge < -0.3 is 0 Å². The zero-order valence-corrected chi connectivity index (χ0v) is 11.1. The van der Waals surface area contributed by atoms with Crippen LogP contribution in [0.1, 0.15) is 5.69 Å². The average Bonchev–Trinajstić information content (AvgIpc) is 2.99. The van der Waals surface area contributed by atoms with Crippen LogP contribution in [-0.2, 0) is 0 Å². The molecule has 2 aromatic heterocycles. The summed E-state index contributed by atoms with van der Waals surface area (Å²) in [7, 11) is 0. The van der Waals surface area contributed by atoms with Crippen LogP contribution in [0.4, 0.5) is 11.5 Å². The fraction of sp³-hybridized carbons (Fsp3) is 0.0833. The number of nitrogens with zero attached hydrogens (tertiary/aromatic N) is 4. The first kappa shape index (κ1) is 12.4. The lowest BCUT2D eigenvalue weighted by Gasteiger charge is -1.98. The highest BCUT2D eigenvalue weighted by atomic mass is 32.1. The van der Waals surface area contributed by atoms with Crippen LogP contribution in [0, 0.1) is 21.9 Å². The molecule has 0 spiro atoms. The van der Waals surface area contributed by atoms with E-state index in [1.807, 2.05) is 12.3 Å². The molecule has 7 nitrogen and oxygen atoms in total. The van der Waals surface area contributed by atoms with Crippen LogP contribution in [0.15, 0.2) is 34.8 Å². The third kappa shape index (κ3) is 1.77. The van der Waals surface area contributed by atoms with Gasteiger partial charge in [0.15, 0.2) is 4.96 Å². The molecule has 0 fully saturated rings. The van der Waals surface area contributed by atoms with Crippen molar-refractivity contribution in [3.05, 3.63) is 50.4 Å². The molecule has 0 radical (unpaired) electrons. The van der Waals surface area contributed by atoms with E-state index in [4.69, 9.17) is 0 Å². The number of aryl methyl sites for hydroxylation is 1. The van der Waals surface area contributed by atoms with E-state index in [-0.39, 0.29) is 11.5 Å². The van der Waals surface area contributed by atoms with Gasteiger partial charge in [-0.1, -0.05) is 0 Å². The van der Waals surface area contributed by atoms with Gasteiger partial charge >= 0.3 is 0 Å². The van der Waals surface area contributed by atoms with Gasteiger partial charge in [-0.15, -0.1) is 16.2 Å². The van der Waals surface area contributed by atoms with E-state index in [1.165, 1.54) is 23.5 Å². The molecule has 0 amide bonds. The van der Waals surface area contributed by atoms with Crippen LogP contribution in [0.5, 0.6) is 0 Å². The third-order valence-electron chi connectivity index (χ3n) is 2.95. The lowest BCUT2D eigenvalue weighted by atomic mass is 10.1. The average molecular weight is 288 g/mol. The van der Waals surface area contributed by atoms with E-state index in [0.29, 0.717) is 16.2 Å². The Labute approximate surface area is 116 Å². The van der Waals surface area contributed by atoms with Crippen molar-refractivity contribution < 1.29 is 4.92 Å². The summed E-state index contributed by atoms with van der Waals surface area (Å²) in [5.74, 6) is 0.215. The minimum absolute atomic E-state index is 0.00781. The molecule has 0 aliphatic heterocycles. The fourth-order valence-electron chi connectivity index (χ4n) is 2.00. The molecule has 0 N–H and O–H groups in total. The van der Waals surface area contributed by atoms with Crippen LogP contribution in [0.2, 0.25) is 0 Å². The Morgan fingerprint density at radius 2 is 2.05 bits per heavy atom. The first-order valence-corrected chi connectivity index (χ1v) is 6.54. The van der Waals surface area contributed by atoms with Gasteiger partial charge in [0.25, 0.3) is 5.69 Å². The Kier molecular flexibility index (Phi) is 2.79. The number of non-ortho nitro benzene ring substituents is 1. The van der Waals surface area contributed by atoms with Crippen molar-refractivity contribution in [1.82, 2.24) is 9.38 Å². The monoisotopic (exact) mass is 288 g/mol. The quantitative estimate of drug-likeness (QED) is 0.417. The molecular weight excluding hydrogens is 280 g/mol. The topological polar surface area (TPSA) is 89.9 Å². The summed E-state index contributed by atoms with van der Waals surface area (Å²) in [6, 6.07) is 5.89. The Morgan fingerprint density at radius 3 is 2.65 bits per heavy atom. The van der Waals surface area contributed by atoms with Crippen molar-refractivity contribution in [3.63, 3.8) is 0 Å². The summed E-state index contributed by atoms with van der Waals surface area (Å²) in [5.41, 5.74) is 1.93. The van der Waals surface area contributed by atoms with Crippen LogP contribution < -0.4 is 0 Å². The molecule has 0 atom stereocenters. The van der Waals surface area contributed by atoms with Crippen LogP contribution >= 0.6 is 11.3 Å². The Balaban J connectivity index is 2.18. The largest absolute Gasteiger partial charge is 0.269 e. The summed E-state index contributed by atoms with van der Waals surface area (Å²) in [6.07, 6.45) is 0. The van der Waals surface area contributed by atoms with Crippen LogP contribution in [0.3, 0.4) is 0 Å². The fourth-order valence-corrected chi connectivity index (χ4v) is 2.86. The Bertz CT molecular complexity index is 819. The Hall–Kier alpha value is -2.61. The first-order valence-electron chi connectivity index (χ1n) is 5.66. The molecule has 3 rings (SSSR count). The van der Waals surface area contributed by atoms with E-state index in [0.717, 1.165) is 5.69 Å². The van der Waals surface area contributed by atoms with Crippen LogP contribution in [-0.4, -0.2) is 14.3 Å². The molecule has 2 heterocycles. The number of hydrogen-bond donors (Lipinski definition) is 0. The SMILES string of the molecule is Cc1csc2nc(-c3ccc([N+](=O)[O-])cc3)c(N=O)n12. The predicted molar refractivity (Wildman–Crippen MR) is 75.4 cm³/mol. The molecule has 0 bridgehead atoms. The van der Waals surface area contributed by atoms with E-state index < -0.39 is 4.92 Å². The summed E-state index contributed by atoms with van der Waals surface area (Å²) in [6.45, 7) is 1.86. The van der Waals surface area contributed by atoms with Crippen molar-refractivity contribution in [3.8, 4) is 11.3 Å². The number of fused-ring (bicyclic) bond motifs is 1. The molecule has 0 unspecified atom stereocenters. The number of hydrogen-bond acceptors (Lipinski definition) is 6. The number of thiazole rings is 1. The maximum absolute atomic E-state index is 11.1. The second kappa shape index (κ2) is 4.49. The third-order valence-corrected chi connectivity index (χ3v) is 3.89. The van der Waals surface area contributed by atoms with Gasteiger partial charge in [-0.05, 0) is 24.2 Å². The molecule has 0 aliphatic rings. The van der Waals surface area contributed by atoms with Gasteiger partial charge in [0.05, 0.1) is 4.92 Å².